The first kappa shape index (κ1) is 24.6. The zero-order chi connectivity index (χ0) is 22.0. The number of benzene rings is 1. The van der Waals surface area contributed by atoms with Gasteiger partial charge in [0.15, 0.2) is 5.79 Å². The molecule has 1 aromatic rings. The number of methoxy groups -OCH3 is 1. The van der Waals surface area contributed by atoms with Gasteiger partial charge in [-0.15, -0.1) is 0 Å². The Balaban J connectivity index is 1.99. The largest absolute Gasteiger partial charge is 0.497 e. The van der Waals surface area contributed by atoms with Crippen LogP contribution in [-0.4, -0.2) is 43.8 Å². The van der Waals surface area contributed by atoms with Crippen molar-refractivity contribution < 1.29 is 28.8 Å². The fraction of sp³-hybridized carbons (Fsp3) is 0.708. The van der Waals surface area contributed by atoms with E-state index in [2.05, 4.69) is 6.92 Å². The van der Waals surface area contributed by atoms with Crippen LogP contribution in [0.5, 0.6) is 5.75 Å². The molecule has 1 saturated heterocycles. The molecule has 170 valence electrons. The second kappa shape index (κ2) is 11.7. The van der Waals surface area contributed by atoms with Crippen molar-refractivity contribution in [2.75, 3.05) is 26.9 Å². The summed E-state index contributed by atoms with van der Waals surface area (Å²) in [6.45, 7) is 7.63. The Bertz CT molecular complexity index is 630. The van der Waals surface area contributed by atoms with Crippen molar-refractivity contribution in [3.8, 4) is 5.75 Å². The van der Waals surface area contributed by atoms with E-state index in [0.717, 1.165) is 37.0 Å². The van der Waals surface area contributed by atoms with Crippen LogP contribution in [0.3, 0.4) is 0 Å². The lowest BCUT2D eigenvalue weighted by molar-refractivity contribution is -0.295. The molecule has 0 saturated carbocycles. The van der Waals surface area contributed by atoms with E-state index in [9.17, 15) is 9.90 Å². The van der Waals surface area contributed by atoms with E-state index in [-0.39, 0.29) is 0 Å². The molecule has 0 amide bonds. The normalized spacial score (nSPS) is 18.7. The van der Waals surface area contributed by atoms with Crippen LogP contribution in [0.25, 0.3) is 0 Å². The average molecular weight is 423 g/mol. The van der Waals surface area contributed by atoms with E-state index in [4.69, 9.17) is 18.9 Å². The van der Waals surface area contributed by atoms with E-state index >= 15 is 0 Å². The first-order valence-electron chi connectivity index (χ1n) is 11.0. The third kappa shape index (κ3) is 7.89. The van der Waals surface area contributed by atoms with Crippen LogP contribution in [0.4, 0.5) is 0 Å². The first-order chi connectivity index (χ1) is 14.3. The monoisotopic (exact) mass is 422 g/mol. The molecule has 0 spiro atoms. The molecule has 0 aromatic heterocycles. The highest BCUT2D eigenvalue weighted by Crippen LogP contribution is 2.37. The van der Waals surface area contributed by atoms with Crippen molar-refractivity contribution in [2.24, 2.45) is 11.3 Å². The molecule has 30 heavy (non-hydrogen) atoms. The zero-order valence-electron chi connectivity index (χ0n) is 18.9. The Hall–Kier alpha value is -1.63. The highest BCUT2D eigenvalue weighted by Gasteiger charge is 2.43. The molecule has 1 atom stereocenters. The van der Waals surface area contributed by atoms with E-state index in [1.807, 2.05) is 38.1 Å². The summed E-state index contributed by atoms with van der Waals surface area (Å²) in [7, 11) is 1.64. The van der Waals surface area contributed by atoms with E-state index in [1.165, 1.54) is 0 Å². The lowest BCUT2D eigenvalue weighted by Gasteiger charge is -2.44. The number of carbonyl (C=O) groups is 1. The summed E-state index contributed by atoms with van der Waals surface area (Å²) in [5.74, 6) is -1.01. The number of ether oxygens (including phenoxy) is 4. The van der Waals surface area contributed by atoms with Gasteiger partial charge in [0.1, 0.15) is 5.75 Å². The molecule has 0 bridgehead atoms. The van der Waals surface area contributed by atoms with Gasteiger partial charge in [-0.2, -0.15) is 0 Å². The summed E-state index contributed by atoms with van der Waals surface area (Å²) in [6, 6.07) is 7.74. The molecule has 1 aliphatic rings. The van der Waals surface area contributed by atoms with Crippen molar-refractivity contribution in [1.29, 1.82) is 0 Å². The molecule has 6 heteroatoms. The number of unbranched alkanes of at least 4 members (excludes halogenated alkanes) is 3. The average Bonchev–Trinajstić information content (AvgIpc) is 2.73. The number of aliphatic carboxylic acids is 1. The van der Waals surface area contributed by atoms with Gasteiger partial charge in [0.2, 0.25) is 0 Å². The summed E-state index contributed by atoms with van der Waals surface area (Å²) in [5, 5.41) is 9.80. The summed E-state index contributed by atoms with van der Waals surface area (Å²) in [5.41, 5.74) is 0.578. The summed E-state index contributed by atoms with van der Waals surface area (Å²) < 4.78 is 23.1. The Kier molecular flexibility index (Phi) is 9.59. The highest BCUT2D eigenvalue weighted by molar-refractivity contribution is 5.70. The molecular weight excluding hydrogens is 384 g/mol. The van der Waals surface area contributed by atoms with Crippen LogP contribution in [0.2, 0.25) is 0 Å². The Morgan fingerprint density at radius 3 is 2.37 bits per heavy atom. The minimum absolute atomic E-state index is 0.397. The summed E-state index contributed by atoms with van der Waals surface area (Å²) in [6.07, 6.45) is 5.45. The first-order valence-corrected chi connectivity index (χ1v) is 11.0. The molecule has 1 heterocycles. The summed E-state index contributed by atoms with van der Waals surface area (Å²) in [4.78, 5) is 11.9. The van der Waals surface area contributed by atoms with Gasteiger partial charge in [0, 0.05) is 5.41 Å². The van der Waals surface area contributed by atoms with Crippen molar-refractivity contribution in [1.82, 2.24) is 0 Å². The van der Waals surface area contributed by atoms with Crippen molar-refractivity contribution in [3.05, 3.63) is 29.8 Å². The lowest BCUT2D eigenvalue weighted by Crippen LogP contribution is -2.50. The van der Waals surface area contributed by atoms with Crippen LogP contribution < -0.4 is 4.74 Å². The van der Waals surface area contributed by atoms with Gasteiger partial charge in [0.25, 0.3) is 0 Å². The fourth-order valence-corrected chi connectivity index (χ4v) is 3.76. The SMILES string of the molecule is CCCCCCC(CC1(COCc2ccc(OC)cc2)COC(C)(C)OC1)C(=O)O. The van der Waals surface area contributed by atoms with Gasteiger partial charge in [-0.25, -0.2) is 0 Å². The molecule has 1 aliphatic heterocycles. The van der Waals surface area contributed by atoms with Crippen molar-refractivity contribution in [3.63, 3.8) is 0 Å². The Labute approximate surface area is 180 Å². The number of carboxylic acid groups (broad SMARTS) is 1. The van der Waals surface area contributed by atoms with E-state index in [0.29, 0.717) is 39.3 Å². The predicted octanol–water partition coefficient (Wildman–Crippen LogP) is 5.04. The standard InChI is InChI=1S/C24H38O6/c1-5-6-7-8-9-20(22(25)26)14-24(17-29-23(2,3)30-18-24)16-28-15-19-10-12-21(27-4)13-11-19/h10-13,20H,5-9,14-18H2,1-4H3,(H,25,26). The molecule has 2 rings (SSSR count). The quantitative estimate of drug-likeness (QED) is 0.449. The molecule has 1 N–H and O–H groups in total. The number of carboxylic acids is 1. The van der Waals surface area contributed by atoms with Gasteiger partial charge in [-0.3, -0.25) is 4.79 Å². The van der Waals surface area contributed by atoms with E-state index in [1.54, 1.807) is 7.11 Å². The second-order valence-corrected chi connectivity index (χ2v) is 8.91. The number of hydrogen-bond donors (Lipinski definition) is 1. The predicted molar refractivity (Wildman–Crippen MR) is 116 cm³/mol. The Morgan fingerprint density at radius 1 is 1.13 bits per heavy atom. The van der Waals surface area contributed by atoms with Gasteiger partial charge >= 0.3 is 5.97 Å². The smallest absolute Gasteiger partial charge is 0.306 e. The highest BCUT2D eigenvalue weighted by atomic mass is 16.7. The summed E-state index contributed by atoms with van der Waals surface area (Å²) >= 11 is 0. The maximum Gasteiger partial charge on any atom is 0.306 e. The molecular formula is C24H38O6. The van der Waals surface area contributed by atoms with Gasteiger partial charge in [-0.1, -0.05) is 44.7 Å². The van der Waals surface area contributed by atoms with Gasteiger partial charge in [0.05, 0.1) is 39.5 Å². The van der Waals surface area contributed by atoms with Crippen LogP contribution in [0.15, 0.2) is 24.3 Å². The molecule has 0 aliphatic carbocycles. The molecule has 0 radical (unpaired) electrons. The zero-order valence-corrected chi connectivity index (χ0v) is 18.9. The molecule has 1 aromatic carbocycles. The van der Waals surface area contributed by atoms with Gasteiger partial charge < -0.3 is 24.1 Å². The topological polar surface area (TPSA) is 74.2 Å². The van der Waals surface area contributed by atoms with Crippen LogP contribution in [-0.2, 0) is 25.6 Å². The maximum absolute atomic E-state index is 11.9. The third-order valence-corrected chi connectivity index (χ3v) is 5.72. The van der Waals surface area contributed by atoms with E-state index < -0.39 is 23.1 Å². The molecule has 1 unspecified atom stereocenters. The molecule has 1 fully saturated rings. The van der Waals surface area contributed by atoms with Crippen molar-refractivity contribution in [2.45, 2.75) is 71.7 Å². The van der Waals surface area contributed by atoms with Crippen LogP contribution >= 0.6 is 0 Å². The fourth-order valence-electron chi connectivity index (χ4n) is 3.76. The number of rotatable bonds is 13. The van der Waals surface area contributed by atoms with Crippen LogP contribution in [0, 0.1) is 11.3 Å². The minimum atomic E-state index is -0.745. The van der Waals surface area contributed by atoms with Crippen LogP contribution in [0.1, 0.15) is 64.9 Å². The maximum atomic E-state index is 11.9. The van der Waals surface area contributed by atoms with Crippen molar-refractivity contribution >= 4 is 5.97 Å². The number of hydrogen-bond acceptors (Lipinski definition) is 5. The second-order valence-electron chi connectivity index (χ2n) is 8.91. The molecule has 6 nitrogen and oxygen atoms in total. The third-order valence-electron chi connectivity index (χ3n) is 5.72. The minimum Gasteiger partial charge on any atom is -0.497 e. The Morgan fingerprint density at radius 2 is 1.80 bits per heavy atom. The van der Waals surface area contributed by atoms with Gasteiger partial charge in [-0.05, 0) is 44.4 Å². The lowest BCUT2D eigenvalue weighted by atomic mass is 9.78.